The number of fused-ring (bicyclic) bond motifs is 1. The molecule has 1 N–H and O–H groups in total. The second-order valence-electron chi connectivity index (χ2n) is 5.25. The number of methoxy groups -OCH3 is 1. The zero-order valence-electron chi connectivity index (χ0n) is 11.3. The molecule has 1 aliphatic carbocycles. The molecule has 0 saturated heterocycles. The van der Waals surface area contributed by atoms with Gasteiger partial charge in [-0.05, 0) is 31.7 Å². The molecule has 0 radical (unpaired) electrons. The summed E-state index contributed by atoms with van der Waals surface area (Å²) in [6.45, 7) is 0. The fraction of sp³-hybridized carbons (Fsp3) is 0.500. The second-order valence-corrected chi connectivity index (χ2v) is 5.25. The van der Waals surface area contributed by atoms with Crippen LogP contribution in [0.5, 0.6) is 0 Å². The first kappa shape index (κ1) is 12.9. The van der Waals surface area contributed by atoms with Crippen LogP contribution >= 0.6 is 0 Å². The Bertz CT molecular complexity index is 680. The van der Waals surface area contributed by atoms with Crippen LogP contribution in [0.2, 0.25) is 0 Å². The fourth-order valence-electron chi connectivity index (χ4n) is 3.00. The number of nitrogens with zero attached hydrogens (tertiary/aromatic N) is 2. The molecule has 0 spiro atoms. The first-order chi connectivity index (χ1) is 9.70. The van der Waals surface area contributed by atoms with E-state index in [1.165, 1.54) is 7.11 Å². The summed E-state index contributed by atoms with van der Waals surface area (Å²) >= 11 is 0. The Morgan fingerprint density at radius 3 is 2.85 bits per heavy atom. The minimum absolute atomic E-state index is 0.0160. The number of hydrogen-bond acceptors (Lipinski definition) is 4. The van der Waals surface area contributed by atoms with Crippen molar-refractivity contribution in [2.24, 2.45) is 5.92 Å². The molecule has 1 aliphatic rings. The van der Waals surface area contributed by atoms with Gasteiger partial charge >= 0.3 is 5.97 Å². The van der Waals surface area contributed by atoms with Crippen molar-refractivity contribution in [2.45, 2.75) is 31.7 Å². The highest BCUT2D eigenvalue weighted by Gasteiger charge is 2.28. The van der Waals surface area contributed by atoms with Gasteiger partial charge in [0.1, 0.15) is 0 Å². The van der Waals surface area contributed by atoms with Crippen molar-refractivity contribution in [3.63, 3.8) is 0 Å². The Morgan fingerprint density at radius 1 is 1.40 bits per heavy atom. The number of aromatic amines is 1. The summed E-state index contributed by atoms with van der Waals surface area (Å²) in [6, 6.07) is 2.03. The summed E-state index contributed by atoms with van der Waals surface area (Å²) in [5.74, 6) is -0.161. The van der Waals surface area contributed by atoms with Crippen LogP contribution in [0.3, 0.4) is 0 Å². The SMILES string of the molecule is COC(=O)C1CCC(n2ccc3[nH]ncc3c2=O)CC1. The number of carbonyl (C=O) groups is 1. The lowest BCUT2D eigenvalue weighted by Gasteiger charge is -2.28. The molecule has 106 valence electrons. The third kappa shape index (κ3) is 2.11. The monoisotopic (exact) mass is 275 g/mol. The first-order valence-corrected chi connectivity index (χ1v) is 6.82. The van der Waals surface area contributed by atoms with E-state index < -0.39 is 0 Å². The van der Waals surface area contributed by atoms with Crippen LogP contribution in [0.15, 0.2) is 23.3 Å². The van der Waals surface area contributed by atoms with E-state index in [1.54, 1.807) is 10.8 Å². The van der Waals surface area contributed by atoms with E-state index in [0.29, 0.717) is 5.39 Å². The zero-order chi connectivity index (χ0) is 14.1. The number of pyridine rings is 1. The highest BCUT2D eigenvalue weighted by Crippen LogP contribution is 2.32. The number of rotatable bonds is 2. The molecule has 3 rings (SSSR count). The van der Waals surface area contributed by atoms with Crippen molar-refractivity contribution in [3.8, 4) is 0 Å². The quantitative estimate of drug-likeness (QED) is 0.845. The highest BCUT2D eigenvalue weighted by atomic mass is 16.5. The minimum atomic E-state index is -0.138. The summed E-state index contributed by atoms with van der Waals surface area (Å²) in [6.07, 6.45) is 6.56. The maximum atomic E-state index is 12.4. The number of carbonyl (C=O) groups excluding carboxylic acids is 1. The van der Waals surface area contributed by atoms with Crippen LogP contribution in [-0.2, 0) is 9.53 Å². The van der Waals surface area contributed by atoms with Crippen molar-refractivity contribution in [1.29, 1.82) is 0 Å². The largest absolute Gasteiger partial charge is 0.469 e. The van der Waals surface area contributed by atoms with Gasteiger partial charge in [-0.3, -0.25) is 14.7 Å². The van der Waals surface area contributed by atoms with Crippen molar-refractivity contribution >= 4 is 16.9 Å². The molecule has 20 heavy (non-hydrogen) atoms. The number of nitrogens with one attached hydrogen (secondary N) is 1. The fourth-order valence-corrected chi connectivity index (χ4v) is 3.00. The van der Waals surface area contributed by atoms with Crippen LogP contribution < -0.4 is 5.56 Å². The van der Waals surface area contributed by atoms with Crippen LogP contribution in [0, 0.1) is 5.92 Å². The number of esters is 1. The Morgan fingerprint density at radius 2 is 2.15 bits per heavy atom. The molecule has 2 heterocycles. The predicted molar refractivity (Wildman–Crippen MR) is 73.4 cm³/mol. The molecule has 1 fully saturated rings. The van der Waals surface area contributed by atoms with Gasteiger partial charge < -0.3 is 9.30 Å². The van der Waals surface area contributed by atoms with E-state index >= 15 is 0 Å². The highest BCUT2D eigenvalue weighted by molar-refractivity contribution is 5.76. The zero-order valence-corrected chi connectivity index (χ0v) is 11.3. The van der Waals surface area contributed by atoms with Crippen molar-refractivity contribution in [2.75, 3.05) is 7.11 Å². The molecule has 0 bridgehead atoms. The van der Waals surface area contributed by atoms with Crippen LogP contribution in [-0.4, -0.2) is 27.8 Å². The molecule has 2 aromatic rings. The van der Waals surface area contributed by atoms with Gasteiger partial charge in [0.2, 0.25) is 0 Å². The van der Waals surface area contributed by atoms with Crippen LogP contribution in [0.1, 0.15) is 31.7 Å². The lowest BCUT2D eigenvalue weighted by atomic mass is 9.86. The normalized spacial score (nSPS) is 22.9. The molecule has 6 heteroatoms. The summed E-state index contributed by atoms with van der Waals surface area (Å²) in [5.41, 5.74) is 0.743. The molecule has 0 unspecified atom stereocenters. The summed E-state index contributed by atoms with van der Waals surface area (Å²) in [7, 11) is 1.42. The van der Waals surface area contributed by atoms with E-state index in [0.717, 1.165) is 31.2 Å². The molecule has 1 saturated carbocycles. The number of aromatic nitrogens is 3. The standard InChI is InChI=1S/C14H17N3O3/c1-20-14(19)9-2-4-10(5-3-9)17-7-6-12-11(13(17)18)8-15-16-12/h6-10H,2-5H2,1H3,(H,15,16). The van der Waals surface area contributed by atoms with Gasteiger partial charge in [0, 0.05) is 12.2 Å². The number of hydrogen-bond donors (Lipinski definition) is 1. The molecule has 2 aromatic heterocycles. The Balaban J connectivity index is 1.81. The van der Waals surface area contributed by atoms with Gasteiger partial charge in [-0.2, -0.15) is 5.10 Å². The summed E-state index contributed by atoms with van der Waals surface area (Å²) < 4.78 is 6.55. The topological polar surface area (TPSA) is 77.0 Å². The van der Waals surface area contributed by atoms with Gasteiger partial charge in [0.25, 0.3) is 5.56 Å². The molecule has 0 aromatic carbocycles. The van der Waals surface area contributed by atoms with Crippen LogP contribution in [0.25, 0.3) is 10.9 Å². The van der Waals surface area contributed by atoms with Gasteiger partial charge in [-0.15, -0.1) is 0 Å². The van der Waals surface area contributed by atoms with Gasteiger partial charge in [-0.1, -0.05) is 0 Å². The Labute approximate surface area is 115 Å². The van der Waals surface area contributed by atoms with Crippen molar-refractivity contribution < 1.29 is 9.53 Å². The van der Waals surface area contributed by atoms with Crippen molar-refractivity contribution in [3.05, 3.63) is 28.8 Å². The summed E-state index contributed by atoms with van der Waals surface area (Å²) in [4.78, 5) is 23.9. The Kier molecular flexibility index (Phi) is 3.30. The Hall–Kier alpha value is -2.11. The van der Waals surface area contributed by atoms with E-state index in [9.17, 15) is 9.59 Å². The lowest BCUT2D eigenvalue weighted by molar-refractivity contribution is -0.146. The first-order valence-electron chi connectivity index (χ1n) is 6.82. The molecule has 0 atom stereocenters. The minimum Gasteiger partial charge on any atom is -0.469 e. The van der Waals surface area contributed by atoms with Gasteiger partial charge in [-0.25, -0.2) is 0 Å². The maximum absolute atomic E-state index is 12.4. The molecule has 0 aliphatic heterocycles. The maximum Gasteiger partial charge on any atom is 0.308 e. The van der Waals surface area contributed by atoms with E-state index in [1.807, 2.05) is 12.3 Å². The van der Waals surface area contributed by atoms with Crippen LogP contribution in [0.4, 0.5) is 0 Å². The van der Waals surface area contributed by atoms with Gasteiger partial charge in [0.05, 0.1) is 30.1 Å². The number of H-pyrrole nitrogens is 1. The molecular formula is C14H17N3O3. The third-order valence-electron chi connectivity index (χ3n) is 4.16. The lowest BCUT2D eigenvalue weighted by Crippen LogP contribution is -2.29. The third-order valence-corrected chi connectivity index (χ3v) is 4.16. The van der Waals surface area contributed by atoms with E-state index in [-0.39, 0.29) is 23.5 Å². The second kappa shape index (κ2) is 5.11. The van der Waals surface area contributed by atoms with Crippen molar-refractivity contribution in [1.82, 2.24) is 14.8 Å². The smallest absolute Gasteiger partial charge is 0.308 e. The molecular weight excluding hydrogens is 258 g/mol. The van der Waals surface area contributed by atoms with Gasteiger partial charge in [0.15, 0.2) is 0 Å². The molecule has 0 amide bonds. The molecule has 6 nitrogen and oxygen atoms in total. The average molecular weight is 275 g/mol. The van der Waals surface area contributed by atoms with E-state index in [2.05, 4.69) is 10.2 Å². The average Bonchev–Trinajstić information content (AvgIpc) is 2.96. The van der Waals surface area contributed by atoms with E-state index in [4.69, 9.17) is 4.74 Å². The summed E-state index contributed by atoms with van der Waals surface area (Å²) in [5, 5.41) is 7.30. The predicted octanol–water partition coefficient (Wildman–Crippen LogP) is 1.63. The number of ether oxygens (including phenoxy) is 1.